The fraction of sp³-hybridized carbons (Fsp3) is 0.286. The van der Waals surface area contributed by atoms with Gasteiger partial charge in [0.25, 0.3) is 5.69 Å². The van der Waals surface area contributed by atoms with Crippen LogP contribution in [0.2, 0.25) is 0 Å². The summed E-state index contributed by atoms with van der Waals surface area (Å²) in [6.45, 7) is 1.84. The molecule has 7 heteroatoms. The number of carbonyl (C=O) groups excluding carboxylic acids is 1. The number of hydrogen-bond acceptors (Lipinski definition) is 5. The van der Waals surface area contributed by atoms with E-state index in [0.29, 0.717) is 17.7 Å². The highest BCUT2D eigenvalue weighted by Crippen LogP contribution is 2.21. The number of non-ortho nitro benzene ring substituents is 1. The molecule has 7 nitrogen and oxygen atoms in total. The fourth-order valence-corrected chi connectivity index (χ4v) is 1.97. The van der Waals surface area contributed by atoms with E-state index < -0.39 is 4.92 Å². The van der Waals surface area contributed by atoms with Crippen LogP contribution in [-0.4, -0.2) is 27.6 Å². The smallest absolute Gasteiger partial charge is 0.305 e. The van der Waals surface area contributed by atoms with Crippen LogP contribution < -0.4 is 0 Å². The number of nitro benzene ring substituents is 1. The summed E-state index contributed by atoms with van der Waals surface area (Å²) in [6.07, 6.45) is 3.94. The van der Waals surface area contributed by atoms with E-state index in [-0.39, 0.29) is 18.1 Å². The summed E-state index contributed by atoms with van der Waals surface area (Å²) in [7, 11) is 1.31. The van der Waals surface area contributed by atoms with Gasteiger partial charge in [0.2, 0.25) is 0 Å². The molecule has 0 unspecified atom stereocenters. The molecule has 0 fully saturated rings. The minimum absolute atomic E-state index is 0.0151. The Kier molecular flexibility index (Phi) is 4.32. The maximum absolute atomic E-state index is 11.2. The van der Waals surface area contributed by atoms with E-state index >= 15 is 0 Å². The molecule has 0 spiro atoms. The van der Waals surface area contributed by atoms with Gasteiger partial charge in [0.15, 0.2) is 0 Å². The van der Waals surface area contributed by atoms with E-state index in [4.69, 9.17) is 0 Å². The number of aryl methyl sites for hydroxylation is 2. The largest absolute Gasteiger partial charge is 0.469 e. The molecular weight excluding hydrogens is 274 g/mol. The van der Waals surface area contributed by atoms with Crippen molar-refractivity contribution >= 4 is 11.7 Å². The first kappa shape index (κ1) is 14.7. The molecule has 0 bridgehead atoms. The van der Waals surface area contributed by atoms with Crippen molar-refractivity contribution in [2.24, 2.45) is 0 Å². The average Bonchev–Trinajstić information content (AvgIpc) is 2.91. The van der Waals surface area contributed by atoms with Gasteiger partial charge in [-0.1, -0.05) is 0 Å². The summed E-state index contributed by atoms with van der Waals surface area (Å²) in [6, 6.07) is 4.75. The van der Waals surface area contributed by atoms with E-state index in [1.165, 1.54) is 19.2 Å². The van der Waals surface area contributed by atoms with E-state index in [1.54, 1.807) is 23.2 Å². The molecule has 0 aliphatic carbocycles. The van der Waals surface area contributed by atoms with Crippen molar-refractivity contribution in [1.29, 1.82) is 0 Å². The van der Waals surface area contributed by atoms with Crippen LogP contribution in [0.5, 0.6) is 0 Å². The molecule has 0 N–H and O–H groups in total. The number of carbonyl (C=O) groups is 1. The Labute approximate surface area is 121 Å². The summed E-state index contributed by atoms with van der Waals surface area (Å²) >= 11 is 0. The molecule has 1 aromatic heterocycles. The molecule has 1 aromatic carbocycles. The molecule has 0 atom stereocenters. The number of rotatable bonds is 5. The van der Waals surface area contributed by atoms with Gasteiger partial charge < -0.3 is 9.30 Å². The maximum atomic E-state index is 11.2. The average molecular weight is 289 g/mol. The summed E-state index contributed by atoms with van der Waals surface area (Å²) in [4.78, 5) is 25.9. The van der Waals surface area contributed by atoms with Gasteiger partial charge in [-0.3, -0.25) is 14.9 Å². The van der Waals surface area contributed by atoms with Crippen molar-refractivity contribution in [3.8, 4) is 5.69 Å². The summed E-state index contributed by atoms with van der Waals surface area (Å²) in [5, 5.41) is 11.0. The molecule has 2 aromatic rings. The highest BCUT2D eigenvalue weighted by atomic mass is 16.6. The zero-order valence-electron chi connectivity index (χ0n) is 11.8. The Morgan fingerprint density at radius 3 is 2.76 bits per heavy atom. The lowest BCUT2D eigenvalue weighted by Crippen LogP contribution is -2.03. The molecule has 1 heterocycles. The summed E-state index contributed by atoms with van der Waals surface area (Å²) in [5.74, 6) is -0.346. The number of aromatic nitrogens is 2. The Morgan fingerprint density at radius 1 is 1.43 bits per heavy atom. The van der Waals surface area contributed by atoms with Crippen LogP contribution in [0.3, 0.4) is 0 Å². The number of ether oxygens (including phenoxy) is 1. The van der Waals surface area contributed by atoms with Gasteiger partial charge in [-0.15, -0.1) is 0 Å². The number of nitro groups is 1. The van der Waals surface area contributed by atoms with Crippen LogP contribution in [0.4, 0.5) is 5.69 Å². The Balaban J connectivity index is 2.34. The van der Waals surface area contributed by atoms with Crippen LogP contribution in [0.1, 0.15) is 17.7 Å². The predicted octanol–water partition coefficient (Wildman–Crippen LogP) is 2.19. The number of nitrogens with zero attached hydrogens (tertiary/aromatic N) is 3. The topological polar surface area (TPSA) is 87.3 Å². The normalized spacial score (nSPS) is 10.4. The number of benzene rings is 1. The Morgan fingerprint density at radius 2 is 2.19 bits per heavy atom. The van der Waals surface area contributed by atoms with Crippen molar-refractivity contribution in [2.45, 2.75) is 19.8 Å². The molecule has 21 heavy (non-hydrogen) atoms. The van der Waals surface area contributed by atoms with E-state index in [9.17, 15) is 14.9 Å². The summed E-state index contributed by atoms with van der Waals surface area (Å²) in [5.41, 5.74) is 2.15. The summed E-state index contributed by atoms with van der Waals surface area (Å²) < 4.78 is 6.29. The van der Waals surface area contributed by atoms with E-state index in [0.717, 1.165) is 5.69 Å². The van der Waals surface area contributed by atoms with Crippen molar-refractivity contribution in [3.63, 3.8) is 0 Å². The van der Waals surface area contributed by atoms with E-state index in [1.807, 2.05) is 6.92 Å². The minimum Gasteiger partial charge on any atom is -0.469 e. The van der Waals surface area contributed by atoms with Crippen LogP contribution in [0.15, 0.2) is 30.7 Å². The third-order valence-corrected chi connectivity index (χ3v) is 3.03. The first-order chi connectivity index (χ1) is 9.99. The minimum atomic E-state index is -0.449. The van der Waals surface area contributed by atoms with Crippen LogP contribution in [-0.2, 0) is 16.0 Å². The molecule has 0 aliphatic rings. The molecular formula is C14H15N3O4. The second-order valence-electron chi connectivity index (χ2n) is 4.61. The predicted molar refractivity (Wildman–Crippen MR) is 75.3 cm³/mol. The Hall–Kier alpha value is -2.70. The quantitative estimate of drug-likeness (QED) is 0.478. The molecule has 0 saturated carbocycles. The molecule has 0 saturated heterocycles. The lowest BCUT2D eigenvalue weighted by Gasteiger charge is -2.06. The highest BCUT2D eigenvalue weighted by molar-refractivity contribution is 5.69. The van der Waals surface area contributed by atoms with Gasteiger partial charge in [0.05, 0.1) is 29.7 Å². The van der Waals surface area contributed by atoms with Crippen molar-refractivity contribution in [1.82, 2.24) is 9.55 Å². The van der Waals surface area contributed by atoms with Crippen LogP contribution in [0, 0.1) is 17.0 Å². The molecule has 0 radical (unpaired) electrons. The third kappa shape index (κ3) is 3.65. The first-order valence-corrected chi connectivity index (χ1v) is 6.35. The second-order valence-corrected chi connectivity index (χ2v) is 4.61. The highest BCUT2D eigenvalue weighted by Gasteiger charge is 2.12. The lowest BCUT2D eigenvalue weighted by atomic mass is 10.1. The van der Waals surface area contributed by atoms with Crippen molar-refractivity contribution in [3.05, 3.63) is 52.1 Å². The Bertz CT molecular complexity index is 679. The van der Waals surface area contributed by atoms with Gasteiger partial charge in [0.1, 0.15) is 0 Å². The maximum Gasteiger partial charge on any atom is 0.305 e. The van der Waals surface area contributed by atoms with Gasteiger partial charge in [-0.05, 0) is 25.0 Å². The number of hydrogen-bond donors (Lipinski definition) is 0. The second kappa shape index (κ2) is 6.17. The molecule has 110 valence electrons. The molecule has 0 amide bonds. The van der Waals surface area contributed by atoms with Crippen molar-refractivity contribution < 1.29 is 14.5 Å². The number of imidazole rings is 1. The standard InChI is InChI=1S/C14H15N3O4/c1-10-8-16(9-15-10)12-5-11(3-4-14(18)21-2)6-13(7-12)17(19)20/h5-9H,3-4H2,1-2H3. The van der Waals surface area contributed by atoms with E-state index in [2.05, 4.69) is 9.72 Å². The van der Waals surface area contributed by atoms with Crippen molar-refractivity contribution in [2.75, 3.05) is 7.11 Å². The fourth-order valence-electron chi connectivity index (χ4n) is 1.97. The monoisotopic (exact) mass is 289 g/mol. The third-order valence-electron chi connectivity index (χ3n) is 3.03. The zero-order chi connectivity index (χ0) is 15.4. The number of esters is 1. The van der Waals surface area contributed by atoms with Gasteiger partial charge in [-0.2, -0.15) is 0 Å². The molecule has 0 aliphatic heterocycles. The van der Waals surface area contributed by atoms with Crippen LogP contribution >= 0.6 is 0 Å². The van der Waals surface area contributed by atoms with Crippen LogP contribution in [0.25, 0.3) is 5.69 Å². The SMILES string of the molecule is COC(=O)CCc1cc(-n2cnc(C)c2)cc([N+](=O)[O-])c1. The zero-order valence-corrected chi connectivity index (χ0v) is 11.8. The van der Waals surface area contributed by atoms with Gasteiger partial charge in [-0.25, -0.2) is 4.98 Å². The first-order valence-electron chi connectivity index (χ1n) is 6.35. The van der Waals surface area contributed by atoms with Gasteiger partial charge >= 0.3 is 5.97 Å². The van der Waals surface area contributed by atoms with Gasteiger partial charge in [0, 0.05) is 24.8 Å². The lowest BCUT2D eigenvalue weighted by molar-refractivity contribution is -0.384. The number of methoxy groups -OCH3 is 1. The molecule has 2 rings (SSSR count).